The first-order valence-electron chi connectivity index (χ1n) is 7.78. The predicted octanol–water partition coefficient (Wildman–Crippen LogP) is 2.53. The van der Waals surface area contributed by atoms with Crippen LogP contribution >= 0.6 is 11.3 Å². The van der Waals surface area contributed by atoms with Crippen LogP contribution in [0.4, 0.5) is 5.00 Å². The molecule has 2 rings (SSSR count). The van der Waals surface area contributed by atoms with E-state index in [1.54, 1.807) is 11.8 Å². The maximum atomic E-state index is 12.5. The standard InChI is InChI=1S/C16H21N3O3S/c1-4-19(5-2)16(21)13-10(3)11(9-17)15(23-13)18-14(20)12-7-6-8-22-12/h12H,4-8H2,1-3H3,(H,18,20). The maximum absolute atomic E-state index is 12.5. The van der Waals surface area contributed by atoms with E-state index in [1.807, 2.05) is 13.8 Å². The fourth-order valence-electron chi connectivity index (χ4n) is 2.57. The van der Waals surface area contributed by atoms with E-state index >= 15 is 0 Å². The second kappa shape index (κ2) is 7.57. The number of amides is 2. The molecular formula is C16H21N3O3S. The van der Waals surface area contributed by atoms with Gasteiger partial charge in [-0.1, -0.05) is 0 Å². The van der Waals surface area contributed by atoms with Crippen LogP contribution in [0, 0.1) is 18.3 Å². The summed E-state index contributed by atoms with van der Waals surface area (Å²) in [6, 6.07) is 2.09. The summed E-state index contributed by atoms with van der Waals surface area (Å²) in [7, 11) is 0. The van der Waals surface area contributed by atoms with Gasteiger partial charge in [-0.05, 0) is 39.2 Å². The van der Waals surface area contributed by atoms with Crippen molar-refractivity contribution in [3.63, 3.8) is 0 Å². The number of nitrogens with one attached hydrogen (secondary N) is 1. The molecule has 1 atom stereocenters. The highest BCUT2D eigenvalue weighted by molar-refractivity contribution is 7.18. The molecule has 1 saturated heterocycles. The lowest BCUT2D eigenvalue weighted by atomic mass is 10.1. The topological polar surface area (TPSA) is 82.4 Å². The minimum atomic E-state index is -0.467. The molecular weight excluding hydrogens is 314 g/mol. The van der Waals surface area contributed by atoms with Gasteiger partial charge in [0.15, 0.2) is 0 Å². The lowest BCUT2D eigenvalue weighted by molar-refractivity contribution is -0.124. The average Bonchev–Trinajstić information content (AvgIpc) is 3.16. The molecule has 0 aliphatic carbocycles. The molecule has 1 unspecified atom stereocenters. The Morgan fingerprint density at radius 1 is 1.43 bits per heavy atom. The number of nitriles is 1. The van der Waals surface area contributed by atoms with Crippen LogP contribution < -0.4 is 5.32 Å². The summed E-state index contributed by atoms with van der Waals surface area (Å²) in [5.74, 6) is -0.353. The number of nitrogens with zero attached hydrogens (tertiary/aromatic N) is 2. The van der Waals surface area contributed by atoms with Crippen LogP contribution in [0.1, 0.15) is 47.5 Å². The number of hydrogen-bond donors (Lipinski definition) is 1. The Balaban J connectivity index is 2.27. The van der Waals surface area contributed by atoms with Gasteiger partial charge in [0.05, 0.1) is 10.4 Å². The second-order valence-corrected chi connectivity index (χ2v) is 6.36. The molecule has 1 aliphatic rings. The molecule has 0 spiro atoms. The number of carbonyl (C=O) groups is 2. The molecule has 1 aliphatic heterocycles. The predicted molar refractivity (Wildman–Crippen MR) is 88.6 cm³/mol. The molecule has 0 bridgehead atoms. The second-order valence-electron chi connectivity index (χ2n) is 5.34. The van der Waals surface area contributed by atoms with Crippen molar-refractivity contribution in [2.24, 2.45) is 0 Å². The van der Waals surface area contributed by atoms with Crippen molar-refractivity contribution in [3.05, 3.63) is 16.0 Å². The summed E-state index contributed by atoms with van der Waals surface area (Å²) in [6.07, 6.45) is 1.08. The van der Waals surface area contributed by atoms with E-state index in [0.29, 0.717) is 47.1 Å². The van der Waals surface area contributed by atoms with Crippen LogP contribution in [-0.4, -0.2) is 42.5 Å². The quantitative estimate of drug-likeness (QED) is 0.896. The molecule has 0 aromatic carbocycles. The molecule has 7 heteroatoms. The van der Waals surface area contributed by atoms with E-state index in [4.69, 9.17) is 4.74 Å². The Hall–Kier alpha value is -1.91. The summed E-state index contributed by atoms with van der Waals surface area (Å²) in [5, 5.41) is 12.6. The summed E-state index contributed by atoms with van der Waals surface area (Å²) in [5.41, 5.74) is 0.980. The highest BCUT2D eigenvalue weighted by atomic mass is 32.1. The van der Waals surface area contributed by atoms with Gasteiger partial charge in [-0.25, -0.2) is 0 Å². The highest BCUT2D eigenvalue weighted by Gasteiger charge is 2.27. The van der Waals surface area contributed by atoms with E-state index in [0.717, 1.165) is 17.8 Å². The van der Waals surface area contributed by atoms with Crippen molar-refractivity contribution in [3.8, 4) is 6.07 Å². The van der Waals surface area contributed by atoms with Gasteiger partial charge in [0.25, 0.3) is 11.8 Å². The van der Waals surface area contributed by atoms with Crippen LogP contribution in [0.2, 0.25) is 0 Å². The summed E-state index contributed by atoms with van der Waals surface area (Å²) >= 11 is 1.16. The molecule has 2 heterocycles. The fraction of sp³-hybridized carbons (Fsp3) is 0.562. The number of hydrogen-bond acceptors (Lipinski definition) is 5. The van der Waals surface area contributed by atoms with Crippen molar-refractivity contribution < 1.29 is 14.3 Å². The third kappa shape index (κ3) is 3.54. The number of ether oxygens (including phenoxy) is 1. The first-order valence-corrected chi connectivity index (χ1v) is 8.60. The Bertz CT molecular complexity index is 638. The van der Waals surface area contributed by atoms with Gasteiger partial charge in [-0.2, -0.15) is 5.26 Å². The molecule has 6 nitrogen and oxygen atoms in total. The third-order valence-corrected chi connectivity index (χ3v) is 5.16. The summed E-state index contributed by atoms with van der Waals surface area (Å²) in [4.78, 5) is 26.9. The van der Waals surface area contributed by atoms with Crippen molar-refractivity contribution in [2.45, 2.75) is 39.7 Å². The van der Waals surface area contributed by atoms with Gasteiger partial charge in [0, 0.05) is 19.7 Å². The van der Waals surface area contributed by atoms with Crippen molar-refractivity contribution in [1.29, 1.82) is 5.26 Å². The Kier molecular flexibility index (Phi) is 5.74. The molecule has 2 amide bonds. The van der Waals surface area contributed by atoms with Crippen molar-refractivity contribution in [2.75, 3.05) is 25.0 Å². The average molecular weight is 335 g/mol. The highest BCUT2D eigenvalue weighted by Crippen LogP contribution is 2.33. The molecule has 0 saturated carbocycles. The van der Waals surface area contributed by atoms with Crippen LogP contribution in [0.3, 0.4) is 0 Å². The molecule has 0 radical (unpaired) electrons. The minimum absolute atomic E-state index is 0.105. The number of rotatable bonds is 5. The molecule has 1 aromatic rings. The van der Waals surface area contributed by atoms with Crippen LogP contribution in [0.5, 0.6) is 0 Å². The van der Waals surface area contributed by atoms with E-state index in [-0.39, 0.29) is 11.8 Å². The van der Waals surface area contributed by atoms with Gasteiger partial charge in [0.1, 0.15) is 17.2 Å². The van der Waals surface area contributed by atoms with Crippen LogP contribution in [0.15, 0.2) is 0 Å². The first-order chi connectivity index (χ1) is 11.0. The SMILES string of the molecule is CCN(CC)C(=O)c1sc(NC(=O)C2CCCO2)c(C#N)c1C. The van der Waals surface area contributed by atoms with Crippen LogP contribution in [-0.2, 0) is 9.53 Å². The van der Waals surface area contributed by atoms with Gasteiger partial charge < -0.3 is 15.0 Å². The van der Waals surface area contributed by atoms with Gasteiger partial charge in [-0.3, -0.25) is 9.59 Å². The first kappa shape index (κ1) is 17.4. The molecule has 124 valence electrons. The van der Waals surface area contributed by atoms with Gasteiger partial charge in [0.2, 0.25) is 0 Å². The van der Waals surface area contributed by atoms with E-state index < -0.39 is 6.10 Å². The zero-order chi connectivity index (χ0) is 17.0. The molecule has 1 N–H and O–H groups in total. The zero-order valence-electron chi connectivity index (χ0n) is 13.6. The Morgan fingerprint density at radius 2 is 2.13 bits per heavy atom. The largest absolute Gasteiger partial charge is 0.368 e. The van der Waals surface area contributed by atoms with E-state index in [2.05, 4.69) is 11.4 Å². The number of anilines is 1. The lowest BCUT2D eigenvalue weighted by Gasteiger charge is -2.17. The van der Waals surface area contributed by atoms with E-state index in [1.165, 1.54) is 0 Å². The van der Waals surface area contributed by atoms with Crippen molar-refractivity contribution >= 4 is 28.2 Å². The van der Waals surface area contributed by atoms with Gasteiger partial charge in [-0.15, -0.1) is 11.3 Å². The minimum Gasteiger partial charge on any atom is -0.368 e. The van der Waals surface area contributed by atoms with Crippen molar-refractivity contribution in [1.82, 2.24) is 4.90 Å². The Labute approximate surface area is 140 Å². The smallest absolute Gasteiger partial charge is 0.264 e. The van der Waals surface area contributed by atoms with Gasteiger partial charge >= 0.3 is 0 Å². The monoisotopic (exact) mass is 335 g/mol. The van der Waals surface area contributed by atoms with E-state index in [9.17, 15) is 14.9 Å². The fourth-order valence-corrected chi connectivity index (χ4v) is 3.70. The zero-order valence-corrected chi connectivity index (χ0v) is 14.5. The lowest BCUT2D eigenvalue weighted by Crippen LogP contribution is -2.30. The number of thiophene rings is 1. The third-order valence-electron chi connectivity index (χ3n) is 3.96. The maximum Gasteiger partial charge on any atom is 0.264 e. The summed E-state index contributed by atoms with van der Waals surface area (Å²) < 4.78 is 5.35. The number of carbonyl (C=O) groups excluding carboxylic acids is 2. The van der Waals surface area contributed by atoms with Crippen LogP contribution in [0.25, 0.3) is 0 Å². The Morgan fingerprint density at radius 3 is 2.65 bits per heavy atom. The molecule has 1 fully saturated rings. The molecule has 23 heavy (non-hydrogen) atoms. The molecule has 1 aromatic heterocycles. The summed E-state index contributed by atoms with van der Waals surface area (Å²) in [6.45, 7) is 7.36. The normalized spacial score (nSPS) is 16.9.